The van der Waals surface area contributed by atoms with E-state index in [2.05, 4.69) is 30.8 Å². The summed E-state index contributed by atoms with van der Waals surface area (Å²) in [7, 11) is -3.61. The average Bonchev–Trinajstić information content (AvgIpc) is 2.89. The molecule has 8 heteroatoms. The summed E-state index contributed by atoms with van der Waals surface area (Å²) < 4.78 is 27.1. The van der Waals surface area contributed by atoms with Gasteiger partial charge in [-0.1, -0.05) is 6.07 Å². The molecular formula is C11H12BrN3O3S. The predicted octanol–water partition coefficient (Wildman–Crippen LogP) is 1.14. The Balaban J connectivity index is 2.19. The van der Waals surface area contributed by atoms with Crippen LogP contribution < -0.4 is 4.72 Å². The number of aromatic nitrogens is 2. The lowest BCUT2D eigenvalue weighted by Crippen LogP contribution is -2.23. The van der Waals surface area contributed by atoms with Crippen LogP contribution in [0.5, 0.6) is 0 Å². The minimum atomic E-state index is -3.61. The summed E-state index contributed by atoms with van der Waals surface area (Å²) in [6.07, 6.45) is 3.17. The molecule has 0 aliphatic carbocycles. The van der Waals surface area contributed by atoms with Crippen LogP contribution in [0.2, 0.25) is 0 Å². The van der Waals surface area contributed by atoms with Crippen molar-refractivity contribution in [1.29, 1.82) is 0 Å². The first kappa shape index (κ1) is 14.2. The molecule has 1 aromatic heterocycles. The van der Waals surface area contributed by atoms with Crippen LogP contribution in [-0.4, -0.2) is 23.7 Å². The molecule has 0 amide bonds. The molecule has 6 nitrogen and oxygen atoms in total. The number of aromatic amines is 1. The van der Waals surface area contributed by atoms with Crippen LogP contribution in [0, 0.1) is 0 Å². The van der Waals surface area contributed by atoms with E-state index in [9.17, 15) is 8.42 Å². The molecular weight excluding hydrogens is 334 g/mol. The lowest BCUT2D eigenvalue weighted by molar-refractivity contribution is 0.281. The Morgan fingerprint density at radius 3 is 2.74 bits per heavy atom. The average molecular weight is 346 g/mol. The fourth-order valence-electron chi connectivity index (χ4n) is 1.49. The van der Waals surface area contributed by atoms with Crippen molar-refractivity contribution < 1.29 is 13.5 Å². The smallest absolute Gasteiger partial charge is 0.241 e. The van der Waals surface area contributed by atoms with Crippen LogP contribution in [0.4, 0.5) is 0 Å². The fourth-order valence-corrected chi connectivity index (χ4v) is 3.63. The second-order valence-corrected chi connectivity index (χ2v) is 6.44. The second kappa shape index (κ2) is 5.83. The van der Waals surface area contributed by atoms with Gasteiger partial charge in [-0.15, -0.1) is 0 Å². The number of sulfonamides is 1. The van der Waals surface area contributed by atoms with E-state index in [1.54, 1.807) is 24.5 Å². The molecule has 2 aromatic rings. The van der Waals surface area contributed by atoms with Gasteiger partial charge in [0, 0.05) is 22.8 Å². The van der Waals surface area contributed by atoms with Gasteiger partial charge < -0.3 is 5.11 Å². The molecule has 3 N–H and O–H groups in total. The van der Waals surface area contributed by atoms with Crippen molar-refractivity contribution in [2.24, 2.45) is 0 Å². The summed E-state index contributed by atoms with van der Waals surface area (Å²) in [5.74, 6) is 0. The second-order valence-electron chi connectivity index (χ2n) is 3.85. The molecule has 0 aliphatic heterocycles. The number of aliphatic hydroxyl groups excluding tert-OH is 1. The van der Waals surface area contributed by atoms with Crippen molar-refractivity contribution in [3.63, 3.8) is 0 Å². The normalized spacial score (nSPS) is 11.7. The molecule has 2 rings (SSSR count). The lowest BCUT2D eigenvalue weighted by atomic mass is 10.2. The number of aliphatic hydroxyl groups is 1. The van der Waals surface area contributed by atoms with Gasteiger partial charge in [0.1, 0.15) is 0 Å². The lowest BCUT2D eigenvalue weighted by Gasteiger charge is -2.08. The Kier molecular flexibility index (Phi) is 4.35. The molecule has 0 aliphatic rings. The Hall–Kier alpha value is -1.22. The number of halogens is 1. The zero-order chi connectivity index (χ0) is 13.9. The molecule has 0 fully saturated rings. The van der Waals surface area contributed by atoms with E-state index in [0.29, 0.717) is 10.0 Å². The van der Waals surface area contributed by atoms with E-state index in [-0.39, 0.29) is 18.0 Å². The van der Waals surface area contributed by atoms with E-state index in [0.717, 1.165) is 5.56 Å². The van der Waals surface area contributed by atoms with E-state index in [4.69, 9.17) is 5.11 Å². The van der Waals surface area contributed by atoms with Crippen molar-refractivity contribution in [3.8, 4) is 0 Å². The highest BCUT2D eigenvalue weighted by Gasteiger charge is 2.17. The molecule has 0 saturated heterocycles. The molecule has 0 unspecified atom stereocenters. The van der Waals surface area contributed by atoms with Gasteiger partial charge in [-0.05, 0) is 33.6 Å². The number of hydrogen-bond acceptors (Lipinski definition) is 4. The highest BCUT2D eigenvalue weighted by atomic mass is 79.9. The zero-order valence-electron chi connectivity index (χ0n) is 9.80. The summed E-state index contributed by atoms with van der Waals surface area (Å²) >= 11 is 3.19. The molecule has 0 atom stereocenters. The Morgan fingerprint density at radius 2 is 2.16 bits per heavy atom. The van der Waals surface area contributed by atoms with Crippen LogP contribution in [0.3, 0.4) is 0 Å². The highest BCUT2D eigenvalue weighted by Crippen LogP contribution is 2.23. The SMILES string of the molecule is O=S(=O)(NCc1cn[nH]c1)c1ccc(CO)cc1Br. The van der Waals surface area contributed by atoms with Gasteiger partial charge in [-0.3, -0.25) is 5.10 Å². The summed E-state index contributed by atoms with van der Waals surface area (Å²) in [5, 5.41) is 15.3. The zero-order valence-corrected chi connectivity index (χ0v) is 12.2. The third kappa shape index (κ3) is 3.41. The molecule has 0 saturated carbocycles. The van der Waals surface area contributed by atoms with E-state index < -0.39 is 10.0 Å². The summed E-state index contributed by atoms with van der Waals surface area (Å²) in [5.41, 5.74) is 1.38. The van der Waals surface area contributed by atoms with Gasteiger partial charge in [0.2, 0.25) is 10.0 Å². The van der Waals surface area contributed by atoms with Crippen molar-refractivity contribution in [2.75, 3.05) is 0 Å². The highest BCUT2D eigenvalue weighted by molar-refractivity contribution is 9.10. The summed E-state index contributed by atoms with van der Waals surface area (Å²) in [6, 6.07) is 4.59. The van der Waals surface area contributed by atoms with Gasteiger partial charge in [-0.25, -0.2) is 13.1 Å². The van der Waals surface area contributed by atoms with Crippen molar-refractivity contribution >= 4 is 26.0 Å². The van der Waals surface area contributed by atoms with Crippen molar-refractivity contribution in [1.82, 2.24) is 14.9 Å². The minimum Gasteiger partial charge on any atom is -0.392 e. The summed E-state index contributed by atoms with van der Waals surface area (Å²) in [6.45, 7) is 0.0222. The third-order valence-electron chi connectivity index (χ3n) is 2.49. The number of benzene rings is 1. The van der Waals surface area contributed by atoms with Gasteiger partial charge in [0.25, 0.3) is 0 Å². The quantitative estimate of drug-likeness (QED) is 0.757. The molecule has 1 heterocycles. The maximum atomic E-state index is 12.1. The number of nitrogens with zero attached hydrogens (tertiary/aromatic N) is 1. The van der Waals surface area contributed by atoms with Crippen molar-refractivity contribution in [2.45, 2.75) is 18.0 Å². The molecule has 0 bridgehead atoms. The number of nitrogens with one attached hydrogen (secondary N) is 2. The monoisotopic (exact) mass is 345 g/mol. The van der Waals surface area contributed by atoms with Gasteiger partial charge in [-0.2, -0.15) is 5.10 Å². The first-order valence-electron chi connectivity index (χ1n) is 5.39. The largest absolute Gasteiger partial charge is 0.392 e. The third-order valence-corrected chi connectivity index (χ3v) is 4.87. The van der Waals surface area contributed by atoms with Gasteiger partial charge in [0.05, 0.1) is 17.7 Å². The standard InChI is InChI=1S/C11H12BrN3O3S/c12-10-3-8(7-16)1-2-11(10)19(17,18)15-6-9-4-13-14-5-9/h1-5,15-16H,6-7H2,(H,13,14). The van der Waals surface area contributed by atoms with E-state index >= 15 is 0 Å². The van der Waals surface area contributed by atoms with E-state index in [1.165, 1.54) is 6.07 Å². The van der Waals surface area contributed by atoms with Crippen LogP contribution in [0.1, 0.15) is 11.1 Å². The Bertz CT molecular complexity index is 656. The predicted molar refractivity (Wildman–Crippen MR) is 72.7 cm³/mol. The fraction of sp³-hybridized carbons (Fsp3) is 0.182. The Morgan fingerprint density at radius 1 is 1.37 bits per heavy atom. The van der Waals surface area contributed by atoms with Gasteiger partial charge >= 0.3 is 0 Å². The maximum absolute atomic E-state index is 12.1. The molecule has 1 aromatic carbocycles. The van der Waals surface area contributed by atoms with Crippen LogP contribution in [-0.2, 0) is 23.2 Å². The molecule has 0 radical (unpaired) electrons. The number of rotatable bonds is 5. The Labute approximate surface area is 119 Å². The van der Waals surface area contributed by atoms with Crippen molar-refractivity contribution in [3.05, 3.63) is 46.2 Å². The summed E-state index contributed by atoms with van der Waals surface area (Å²) in [4.78, 5) is 0.133. The van der Waals surface area contributed by atoms with E-state index in [1.807, 2.05) is 0 Å². The first-order valence-corrected chi connectivity index (χ1v) is 7.67. The maximum Gasteiger partial charge on any atom is 0.241 e. The topological polar surface area (TPSA) is 95.1 Å². The van der Waals surface area contributed by atoms with Gasteiger partial charge in [0.15, 0.2) is 0 Å². The minimum absolute atomic E-state index is 0.133. The number of H-pyrrole nitrogens is 1. The number of hydrogen-bond donors (Lipinski definition) is 3. The van der Waals surface area contributed by atoms with Crippen LogP contribution >= 0.6 is 15.9 Å². The molecule has 0 spiro atoms. The molecule has 19 heavy (non-hydrogen) atoms. The van der Waals surface area contributed by atoms with Crippen LogP contribution in [0.25, 0.3) is 0 Å². The first-order chi connectivity index (χ1) is 9.03. The van der Waals surface area contributed by atoms with Crippen LogP contribution in [0.15, 0.2) is 40.0 Å². The molecule has 102 valence electrons.